The van der Waals surface area contributed by atoms with Crippen LogP contribution < -0.4 is 0 Å². The molecule has 4 heterocycles. The third-order valence-electron chi connectivity index (χ3n) is 8.55. The summed E-state index contributed by atoms with van der Waals surface area (Å²) in [7, 11) is 0. The second-order valence-electron chi connectivity index (χ2n) is 9.55. The number of hydrogen-bond acceptors (Lipinski definition) is 7. The molecule has 29 heavy (non-hydrogen) atoms. The molecule has 2 saturated carbocycles. The van der Waals surface area contributed by atoms with E-state index in [-0.39, 0.29) is 48.0 Å². The van der Waals surface area contributed by atoms with E-state index in [2.05, 4.69) is 6.92 Å². The monoisotopic (exact) mass is 402 g/mol. The smallest absolute Gasteiger partial charge is 0.303 e. The molecule has 5 aliphatic rings. The van der Waals surface area contributed by atoms with Crippen molar-refractivity contribution in [2.45, 2.75) is 63.6 Å². The number of hydrogen-bond donors (Lipinski definition) is 0. The highest BCUT2D eigenvalue weighted by Crippen LogP contribution is 2.73. The van der Waals surface area contributed by atoms with Crippen LogP contribution in [0.3, 0.4) is 0 Å². The normalized spacial score (nSPS) is 50.1. The van der Waals surface area contributed by atoms with Gasteiger partial charge in [0.05, 0.1) is 37.3 Å². The largest absolute Gasteiger partial charge is 0.472 e. The first-order valence-corrected chi connectivity index (χ1v) is 10.6. The van der Waals surface area contributed by atoms with E-state index in [0.717, 1.165) is 18.4 Å². The van der Waals surface area contributed by atoms with E-state index in [1.54, 1.807) is 12.5 Å². The zero-order chi connectivity index (χ0) is 20.0. The van der Waals surface area contributed by atoms with Gasteiger partial charge in [-0.15, -0.1) is 0 Å². The molecule has 2 bridgehead atoms. The predicted molar refractivity (Wildman–Crippen MR) is 97.5 cm³/mol. The van der Waals surface area contributed by atoms with E-state index < -0.39 is 17.1 Å². The van der Waals surface area contributed by atoms with E-state index in [4.69, 9.17) is 23.4 Å². The van der Waals surface area contributed by atoms with Crippen LogP contribution in [0.5, 0.6) is 0 Å². The van der Waals surface area contributed by atoms with Gasteiger partial charge >= 0.3 is 5.97 Å². The lowest BCUT2D eigenvalue weighted by Crippen LogP contribution is -2.73. The minimum absolute atomic E-state index is 0.0937. The number of Topliss-reactive ketones (excluding diaryl/α,β-unsaturated/α-hetero) is 1. The second-order valence-corrected chi connectivity index (χ2v) is 9.55. The lowest BCUT2D eigenvalue weighted by atomic mass is 9.41. The third-order valence-corrected chi connectivity index (χ3v) is 8.55. The van der Waals surface area contributed by atoms with Crippen molar-refractivity contribution < 1.29 is 33.0 Å². The molecule has 0 radical (unpaired) electrons. The van der Waals surface area contributed by atoms with Gasteiger partial charge in [-0.1, -0.05) is 6.92 Å². The van der Waals surface area contributed by atoms with Crippen molar-refractivity contribution >= 4 is 11.8 Å². The van der Waals surface area contributed by atoms with Gasteiger partial charge < -0.3 is 23.4 Å². The lowest BCUT2D eigenvalue weighted by Gasteiger charge is -2.64. The Labute approximate surface area is 169 Å². The zero-order valence-corrected chi connectivity index (χ0v) is 16.7. The van der Waals surface area contributed by atoms with Crippen LogP contribution in [-0.2, 0) is 28.5 Å². The molecule has 0 unspecified atom stereocenters. The standard InChI is InChI=1S/C22H26O7/c1-12-7-17(24)21-10-26-19-20(12,8-15(29-19)14-5-6-25-9-14)16(21)3-4-18(28-13(2)23)22(21)11-27-22/h5-6,9,12,15-16,18-19H,3-4,7-8,10-11H2,1-2H3/t12-,15+,16-,18+,19+,20-,21+,22-/m1/s1. The summed E-state index contributed by atoms with van der Waals surface area (Å²) in [4.78, 5) is 25.3. The molecule has 0 N–H and O–H groups in total. The van der Waals surface area contributed by atoms with Crippen LogP contribution >= 0.6 is 0 Å². The summed E-state index contributed by atoms with van der Waals surface area (Å²) in [6.45, 7) is 4.28. The highest BCUT2D eigenvalue weighted by atomic mass is 16.7. The number of furan rings is 1. The predicted octanol–water partition coefficient (Wildman–Crippen LogP) is 2.79. The van der Waals surface area contributed by atoms with Crippen molar-refractivity contribution in [2.75, 3.05) is 13.2 Å². The van der Waals surface area contributed by atoms with Gasteiger partial charge in [-0.05, 0) is 37.2 Å². The number of carbonyl (C=O) groups excluding carboxylic acids is 2. The lowest BCUT2D eigenvalue weighted by molar-refractivity contribution is -0.301. The number of ketones is 1. The van der Waals surface area contributed by atoms with Crippen LogP contribution in [0.2, 0.25) is 0 Å². The molecule has 7 nitrogen and oxygen atoms in total. The topological polar surface area (TPSA) is 87.5 Å². The first-order chi connectivity index (χ1) is 13.9. The fourth-order valence-electron chi connectivity index (χ4n) is 7.25. The van der Waals surface area contributed by atoms with Gasteiger partial charge in [-0.3, -0.25) is 9.59 Å². The van der Waals surface area contributed by atoms with E-state index in [0.29, 0.717) is 19.4 Å². The van der Waals surface area contributed by atoms with Crippen LogP contribution in [0.25, 0.3) is 0 Å². The third kappa shape index (κ3) is 2.04. The molecule has 1 aromatic rings. The molecule has 0 aromatic carbocycles. The molecular formula is C22H26O7. The molecule has 2 aliphatic carbocycles. The maximum Gasteiger partial charge on any atom is 0.303 e. The van der Waals surface area contributed by atoms with E-state index in [9.17, 15) is 9.59 Å². The van der Waals surface area contributed by atoms with Crippen LogP contribution in [0.15, 0.2) is 23.0 Å². The molecule has 6 rings (SSSR count). The van der Waals surface area contributed by atoms with Crippen LogP contribution in [-0.4, -0.2) is 43.0 Å². The van der Waals surface area contributed by atoms with Crippen molar-refractivity contribution in [1.82, 2.24) is 0 Å². The van der Waals surface area contributed by atoms with Gasteiger partial charge in [-0.2, -0.15) is 0 Å². The van der Waals surface area contributed by atoms with E-state index in [1.165, 1.54) is 6.92 Å². The molecule has 3 saturated heterocycles. The summed E-state index contributed by atoms with van der Waals surface area (Å²) in [5.41, 5.74) is -0.750. The fraction of sp³-hybridized carbons (Fsp3) is 0.727. The first-order valence-electron chi connectivity index (χ1n) is 10.6. The average molecular weight is 402 g/mol. The molecular weight excluding hydrogens is 376 g/mol. The highest BCUT2D eigenvalue weighted by molar-refractivity contribution is 5.89. The summed E-state index contributed by atoms with van der Waals surface area (Å²) < 4.78 is 29.7. The van der Waals surface area contributed by atoms with Crippen molar-refractivity contribution in [3.63, 3.8) is 0 Å². The Morgan fingerprint density at radius 3 is 2.79 bits per heavy atom. The van der Waals surface area contributed by atoms with Crippen molar-refractivity contribution in [3.8, 4) is 0 Å². The van der Waals surface area contributed by atoms with E-state index in [1.807, 2.05) is 6.07 Å². The Hall–Kier alpha value is -1.70. The summed E-state index contributed by atoms with van der Waals surface area (Å²) in [6, 6.07) is 1.94. The van der Waals surface area contributed by atoms with Crippen molar-refractivity contribution in [3.05, 3.63) is 24.2 Å². The van der Waals surface area contributed by atoms with Gasteiger partial charge in [-0.25, -0.2) is 0 Å². The van der Waals surface area contributed by atoms with Gasteiger partial charge in [0, 0.05) is 24.3 Å². The number of rotatable bonds is 2. The van der Waals surface area contributed by atoms with E-state index >= 15 is 0 Å². The number of esters is 1. The minimum Gasteiger partial charge on any atom is -0.472 e. The first kappa shape index (κ1) is 18.1. The fourth-order valence-corrected chi connectivity index (χ4v) is 7.25. The SMILES string of the molecule is CC(=O)O[C@H]1CC[C@@H]2[C@]34C[C@@H](c5ccoc5)O[C@@H]3OC[C@]2(C(=O)C[C@H]4C)[C@@]12CO2. The summed E-state index contributed by atoms with van der Waals surface area (Å²) in [6.07, 6.45) is 5.34. The Kier molecular flexibility index (Phi) is 3.56. The molecule has 1 aromatic heterocycles. The van der Waals surface area contributed by atoms with Gasteiger partial charge in [0.25, 0.3) is 0 Å². The van der Waals surface area contributed by atoms with Gasteiger partial charge in [0.15, 0.2) is 6.29 Å². The molecule has 8 atom stereocenters. The molecule has 3 aliphatic heterocycles. The van der Waals surface area contributed by atoms with Crippen LogP contribution in [0.1, 0.15) is 51.2 Å². The molecule has 7 heteroatoms. The number of ether oxygens (including phenoxy) is 4. The molecule has 5 fully saturated rings. The average Bonchev–Trinajstić information content (AvgIpc) is 3.13. The number of epoxide rings is 1. The Balaban J connectivity index is 1.44. The van der Waals surface area contributed by atoms with Crippen LogP contribution in [0.4, 0.5) is 0 Å². The molecule has 0 amide bonds. The van der Waals surface area contributed by atoms with Crippen molar-refractivity contribution in [1.29, 1.82) is 0 Å². The highest BCUT2D eigenvalue weighted by Gasteiger charge is 2.82. The Bertz CT molecular complexity index is 859. The minimum atomic E-state index is -0.761. The zero-order valence-electron chi connectivity index (χ0n) is 16.7. The summed E-state index contributed by atoms with van der Waals surface area (Å²) in [5.74, 6) is 0.109. The van der Waals surface area contributed by atoms with Crippen LogP contribution in [0, 0.1) is 22.7 Å². The maximum absolute atomic E-state index is 13.6. The Morgan fingerprint density at radius 2 is 2.10 bits per heavy atom. The van der Waals surface area contributed by atoms with Gasteiger partial charge in [0.1, 0.15) is 17.5 Å². The summed E-state index contributed by atoms with van der Waals surface area (Å²) in [5, 5.41) is 0. The quantitative estimate of drug-likeness (QED) is 0.555. The second kappa shape index (κ2) is 5.71. The summed E-state index contributed by atoms with van der Waals surface area (Å²) >= 11 is 0. The molecule has 2 spiro atoms. The maximum atomic E-state index is 13.6. The van der Waals surface area contributed by atoms with Crippen molar-refractivity contribution in [2.24, 2.45) is 22.7 Å². The number of carbonyl (C=O) groups is 2. The Morgan fingerprint density at radius 1 is 1.28 bits per heavy atom. The van der Waals surface area contributed by atoms with Gasteiger partial charge in [0.2, 0.25) is 0 Å². The molecule has 156 valence electrons.